The van der Waals surface area contributed by atoms with E-state index in [2.05, 4.69) is 10.5 Å². The molecule has 1 amide bonds. The second kappa shape index (κ2) is 7.04. The summed E-state index contributed by atoms with van der Waals surface area (Å²) in [6, 6.07) is 8.17. The van der Waals surface area contributed by atoms with Crippen molar-refractivity contribution in [1.82, 2.24) is 0 Å². The topological polar surface area (TPSA) is 76.7 Å². The molecule has 1 aromatic carbocycles. The molecule has 1 heterocycles. The Kier molecular flexibility index (Phi) is 5.11. The Labute approximate surface area is 131 Å². The third kappa shape index (κ3) is 4.05. The van der Waals surface area contributed by atoms with E-state index in [4.69, 9.17) is 10.6 Å². The van der Waals surface area contributed by atoms with E-state index in [0.29, 0.717) is 0 Å². The van der Waals surface area contributed by atoms with Crippen molar-refractivity contribution < 1.29 is 14.0 Å². The standard InChI is InChI=1S/C15H16FN3O2S/c1-9-5-6-12(11(16)8-9)18-15(20)10(2)21-19-14(17)13-4-3-7-22-13/h3-8,10H,1-2H3,(H2,17,19)(H,18,20). The van der Waals surface area contributed by atoms with Gasteiger partial charge in [-0.15, -0.1) is 11.3 Å². The molecule has 116 valence electrons. The Bertz CT molecular complexity index is 686. The summed E-state index contributed by atoms with van der Waals surface area (Å²) in [7, 11) is 0. The molecule has 0 saturated heterocycles. The molecule has 2 rings (SSSR count). The molecule has 0 bridgehead atoms. The zero-order valence-corrected chi connectivity index (χ0v) is 13.0. The lowest BCUT2D eigenvalue weighted by molar-refractivity contribution is -0.126. The van der Waals surface area contributed by atoms with Crippen LogP contribution in [0.4, 0.5) is 10.1 Å². The van der Waals surface area contributed by atoms with E-state index in [1.165, 1.54) is 30.4 Å². The summed E-state index contributed by atoms with van der Waals surface area (Å²) < 4.78 is 13.7. The molecule has 1 atom stereocenters. The predicted molar refractivity (Wildman–Crippen MR) is 85.4 cm³/mol. The molecule has 0 radical (unpaired) electrons. The number of nitrogens with one attached hydrogen (secondary N) is 1. The van der Waals surface area contributed by atoms with Crippen LogP contribution < -0.4 is 11.1 Å². The van der Waals surface area contributed by atoms with Crippen LogP contribution >= 0.6 is 11.3 Å². The molecule has 7 heteroatoms. The number of carbonyl (C=O) groups is 1. The first-order valence-corrected chi connectivity index (χ1v) is 7.45. The second-order valence-corrected chi connectivity index (χ2v) is 5.62. The van der Waals surface area contributed by atoms with Gasteiger partial charge in [0, 0.05) is 0 Å². The van der Waals surface area contributed by atoms with Gasteiger partial charge in [0.25, 0.3) is 5.91 Å². The number of anilines is 1. The van der Waals surface area contributed by atoms with E-state index in [0.717, 1.165) is 10.4 Å². The maximum atomic E-state index is 13.7. The van der Waals surface area contributed by atoms with Crippen molar-refractivity contribution in [2.75, 3.05) is 5.32 Å². The van der Waals surface area contributed by atoms with Crippen molar-refractivity contribution in [1.29, 1.82) is 0 Å². The number of hydrogen-bond donors (Lipinski definition) is 2. The summed E-state index contributed by atoms with van der Waals surface area (Å²) in [5, 5.41) is 8.02. The van der Waals surface area contributed by atoms with E-state index < -0.39 is 17.8 Å². The lowest BCUT2D eigenvalue weighted by Crippen LogP contribution is -2.27. The Morgan fingerprint density at radius 1 is 1.45 bits per heavy atom. The fourth-order valence-electron chi connectivity index (χ4n) is 1.61. The lowest BCUT2D eigenvalue weighted by atomic mass is 10.2. The fraction of sp³-hybridized carbons (Fsp3) is 0.200. The van der Waals surface area contributed by atoms with Crippen LogP contribution in [0.15, 0.2) is 40.9 Å². The molecule has 0 spiro atoms. The molecule has 0 aliphatic heterocycles. The Balaban J connectivity index is 1.96. The molecule has 3 N–H and O–H groups in total. The van der Waals surface area contributed by atoms with Crippen LogP contribution in [0.1, 0.15) is 17.4 Å². The van der Waals surface area contributed by atoms with Crippen LogP contribution in [0.25, 0.3) is 0 Å². The number of oxime groups is 1. The zero-order chi connectivity index (χ0) is 16.1. The summed E-state index contributed by atoms with van der Waals surface area (Å²) in [5.74, 6) is -0.816. The second-order valence-electron chi connectivity index (χ2n) is 4.67. The summed E-state index contributed by atoms with van der Waals surface area (Å²) in [6.07, 6.45) is -0.904. The van der Waals surface area contributed by atoms with Crippen LogP contribution in [0, 0.1) is 12.7 Å². The summed E-state index contributed by atoms with van der Waals surface area (Å²) in [6.45, 7) is 3.27. The monoisotopic (exact) mass is 321 g/mol. The molecular weight excluding hydrogens is 305 g/mol. The highest BCUT2D eigenvalue weighted by Gasteiger charge is 2.16. The Hall–Kier alpha value is -2.41. The molecule has 0 aliphatic rings. The van der Waals surface area contributed by atoms with Crippen LogP contribution in [0.5, 0.6) is 0 Å². The minimum atomic E-state index is -0.904. The van der Waals surface area contributed by atoms with Gasteiger partial charge in [0.05, 0.1) is 10.6 Å². The zero-order valence-electron chi connectivity index (χ0n) is 12.2. The van der Waals surface area contributed by atoms with Crippen molar-refractivity contribution in [3.63, 3.8) is 0 Å². The number of carbonyl (C=O) groups excluding carboxylic acids is 1. The summed E-state index contributed by atoms with van der Waals surface area (Å²) in [4.78, 5) is 17.7. The first-order valence-electron chi connectivity index (χ1n) is 6.57. The smallest absolute Gasteiger partial charge is 0.268 e. The number of benzene rings is 1. The Morgan fingerprint density at radius 2 is 2.23 bits per heavy atom. The van der Waals surface area contributed by atoms with E-state index in [-0.39, 0.29) is 11.5 Å². The molecule has 0 aliphatic carbocycles. The number of halogens is 1. The van der Waals surface area contributed by atoms with Gasteiger partial charge in [0.1, 0.15) is 5.82 Å². The van der Waals surface area contributed by atoms with Crippen molar-refractivity contribution in [3.8, 4) is 0 Å². The molecule has 5 nitrogen and oxygen atoms in total. The number of nitrogens with zero attached hydrogens (tertiary/aromatic N) is 1. The van der Waals surface area contributed by atoms with Crippen LogP contribution in [-0.4, -0.2) is 17.8 Å². The summed E-state index contributed by atoms with van der Waals surface area (Å²) in [5.41, 5.74) is 6.59. The van der Waals surface area contributed by atoms with Crippen LogP contribution in [0.2, 0.25) is 0 Å². The molecule has 22 heavy (non-hydrogen) atoms. The fourth-order valence-corrected chi connectivity index (χ4v) is 2.23. The van der Waals surface area contributed by atoms with Gasteiger partial charge in [-0.3, -0.25) is 4.79 Å². The van der Waals surface area contributed by atoms with Gasteiger partial charge < -0.3 is 15.9 Å². The predicted octanol–water partition coefficient (Wildman–Crippen LogP) is 2.86. The minimum Gasteiger partial charge on any atom is -0.381 e. The van der Waals surface area contributed by atoms with E-state index in [9.17, 15) is 9.18 Å². The maximum Gasteiger partial charge on any atom is 0.268 e. The van der Waals surface area contributed by atoms with Gasteiger partial charge in [0.2, 0.25) is 6.10 Å². The number of nitrogens with two attached hydrogens (primary N) is 1. The third-order valence-electron chi connectivity index (χ3n) is 2.83. The van der Waals surface area contributed by atoms with Crippen molar-refractivity contribution in [3.05, 3.63) is 52.0 Å². The Morgan fingerprint density at radius 3 is 2.86 bits per heavy atom. The SMILES string of the molecule is Cc1ccc(NC(=O)C(C)ON=C(N)c2cccs2)c(F)c1. The highest BCUT2D eigenvalue weighted by Crippen LogP contribution is 2.16. The molecule has 0 fully saturated rings. The average Bonchev–Trinajstić information content (AvgIpc) is 3.01. The highest BCUT2D eigenvalue weighted by molar-refractivity contribution is 7.12. The quantitative estimate of drug-likeness (QED) is 0.505. The van der Waals surface area contributed by atoms with E-state index >= 15 is 0 Å². The van der Waals surface area contributed by atoms with E-state index in [1.54, 1.807) is 19.1 Å². The lowest BCUT2D eigenvalue weighted by Gasteiger charge is -2.11. The highest BCUT2D eigenvalue weighted by atomic mass is 32.1. The molecule has 1 aromatic heterocycles. The van der Waals surface area contributed by atoms with Crippen LogP contribution in [0.3, 0.4) is 0 Å². The molecule has 0 saturated carbocycles. The minimum absolute atomic E-state index is 0.0984. The number of amidine groups is 1. The van der Waals surface area contributed by atoms with Gasteiger partial charge in [0.15, 0.2) is 5.84 Å². The first kappa shape index (κ1) is 16.0. The number of thiophene rings is 1. The van der Waals surface area contributed by atoms with Gasteiger partial charge in [-0.1, -0.05) is 17.3 Å². The summed E-state index contributed by atoms with van der Waals surface area (Å²) >= 11 is 1.41. The van der Waals surface area contributed by atoms with E-state index in [1.807, 2.05) is 11.4 Å². The van der Waals surface area contributed by atoms with Crippen LogP contribution in [-0.2, 0) is 9.63 Å². The molecular formula is C15H16FN3O2S. The van der Waals surface area contributed by atoms with Crippen molar-refractivity contribution >= 4 is 28.8 Å². The van der Waals surface area contributed by atoms with Gasteiger partial charge >= 0.3 is 0 Å². The van der Waals surface area contributed by atoms with Gasteiger partial charge in [-0.2, -0.15) is 0 Å². The van der Waals surface area contributed by atoms with Crippen molar-refractivity contribution in [2.45, 2.75) is 20.0 Å². The number of hydrogen-bond acceptors (Lipinski definition) is 4. The van der Waals surface area contributed by atoms with Gasteiger partial charge in [-0.25, -0.2) is 4.39 Å². The number of rotatable bonds is 5. The first-order chi connectivity index (χ1) is 10.5. The molecule has 1 unspecified atom stereocenters. The third-order valence-corrected chi connectivity index (χ3v) is 3.73. The normalized spacial score (nSPS) is 12.8. The van der Waals surface area contributed by atoms with Crippen molar-refractivity contribution in [2.24, 2.45) is 10.9 Å². The number of aryl methyl sites for hydroxylation is 1. The largest absolute Gasteiger partial charge is 0.381 e. The number of amides is 1. The average molecular weight is 321 g/mol. The van der Waals surface area contributed by atoms with Gasteiger partial charge in [-0.05, 0) is 43.0 Å². The maximum absolute atomic E-state index is 13.7. The molecule has 2 aromatic rings.